The van der Waals surface area contributed by atoms with Gasteiger partial charge in [0.2, 0.25) is 0 Å². The Morgan fingerprint density at radius 3 is 2.70 bits per heavy atom. The number of methoxy groups -OCH3 is 1. The van der Waals surface area contributed by atoms with E-state index in [0.29, 0.717) is 29.6 Å². The SMILES string of the molecule is CCCOc1ccc(/C=N\OCc2cc(-c3ccccc3)on2)cc1OC. The molecule has 0 aliphatic heterocycles. The predicted octanol–water partition coefficient (Wildman–Crippen LogP) is 4.69. The van der Waals surface area contributed by atoms with Crippen LogP contribution in [0, 0.1) is 0 Å². The van der Waals surface area contributed by atoms with Gasteiger partial charge in [0.1, 0.15) is 5.69 Å². The predicted molar refractivity (Wildman–Crippen MR) is 103 cm³/mol. The standard InChI is InChI=1S/C21H22N2O4/c1-3-11-25-19-10-9-16(12-21(19)24-2)14-22-26-15-18-13-20(27-23-18)17-7-5-4-6-8-17/h4-10,12-14H,3,11,15H2,1-2H3/b22-14-. The monoisotopic (exact) mass is 366 g/mol. The van der Waals surface area contributed by atoms with Gasteiger partial charge in [0, 0.05) is 17.2 Å². The molecule has 0 bridgehead atoms. The average Bonchev–Trinajstić information content (AvgIpc) is 3.19. The quantitative estimate of drug-likeness (QED) is 0.406. The maximum absolute atomic E-state index is 5.64. The van der Waals surface area contributed by atoms with Crippen molar-refractivity contribution in [3.05, 3.63) is 65.9 Å². The minimum absolute atomic E-state index is 0.224. The van der Waals surface area contributed by atoms with Gasteiger partial charge in [-0.25, -0.2) is 0 Å². The van der Waals surface area contributed by atoms with Gasteiger partial charge < -0.3 is 18.8 Å². The number of oxime groups is 1. The fourth-order valence-electron chi connectivity index (χ4n) is 2.42. The first-order valence-electron chi connectivity index (χ1n) is 8.77. The van der Waals surface area contributed by atoms with E-state index in [1.807, 2.05) is 54.6 Å². The Bertz CT molecular complexity index is 875. The topological polar surface area (TPSA) is 66.1 Å². The van der Waals surface area contributed by atoms with Crippen LogP contribution >= 0.6 is 0 Å². The van der Waals surface area contributed by atoms with Gasteiger partial charge in [-0.3, -0.25) is 0 Å². The summed E-state index contributed by atoms with van der Waals surface area (Å²) in [4.78, 5) is 5.32. The lowest BCUT2D eigenvalue weighted by Gasteiger charge is -2.10. The summed E-state index contributed by atoms with van der Waals surface area (Å²) in [6, 6.07) is 17.2. The summed E-state index contributed by atoms with van der Waals surface area (Å²) in [5, 5.41) is 7.98. The third-order valence-corrected chi connectivity index (χ3v) is 3.76. The normalized spacial score (nSPS) is 10.9. The molecule has 0 N–H and O–H groups in total. The van der Waals surface area contributed by atoms with E-state index in [2.05, 4.69) is 17.2 Å². The van der Waals surface area contributed by atoms with Crippen LogP contribution in [0.3, 0.4) is 0 Å². The van der Waals surface area contributed by atoms with Crippen LogP contribution in [0.15, 0.2) is 64.3 Å². The zero-order valence-electron chi connectivity index (χ0n) is 15.4. The van der Waals surface area contributed by atoms with Gasteiger partial charge in [-0.05, 0) is 24.6 Å². The van der Waals surface area contributed by atoms with Crippen molar-refractivity contribution < 1.29 is 18.8 Å². The van der Waals surface area contributed by atoms with E-state index in [4.69, 9.17) is 18.8 Å². The summed E-state index contributed by atoms with van der Waals surface area (Å²) >= 11 is 0. The van der Waals surface area contributed by atoms with Gasteiger partial charge in [0.15, 0.2) is 23.9 Å². The Kier molecular flexibility index (Phi) is 6.46. The Hall–Kier alpha value is -3.28. The molecular formula is C21H22N2O4. The molecule has 6 heteroatoms. The van der Waals surface area contributed by atoms with Crippen molar-refractivity contribution in [3.8, 4) is 22.8 Å². The molecule has 0 amide bonds. The molecule has 3 aromatic rings. The molecule has 27 heavy (non-hydrogen) atoms. The second-order valence-corrected chi connectivity index (χ2v) is 5.82. The lowest BCUT2D eigenvalue weighted by molar-refractivity contribution is 0.126. The van der Waals surface area contributed by atoms with Gasteiger partial charge in [-0.2, -0.15) is 0 Å². The number of hydrogen-bond acceptors (Lipinski definition) is 6. The maximum atomic E-state index is 5.64. The number of aromatic nitrogens is 1. The Labute approximate surface area is 158 Å². The molecule has 0 fully saturated rings. The Balaban J connectivity index is 1.56. The molecule has 140 valence electrons. The van der Waals surface area contributed by atoms with Crippen LogP contribution in [0.4, 0.5) is 0 Å². The van der Waals surface area contributed by atoms with Gasteiger partial charge >= 0.3 is 0 Å². The minimum Gasteiger partial charge on any atom is -0.493 e. The molecule has 0 saturated carbocycles. The summed E-state index contributed by atoms with van der Waals surface area (Å²) in [5.41, 5.74) is 2.49. The molecule has 3 rings (SSSR count). The molecule has 1 heterocycles. The van der Waals surface area contributed by atoms with Crippen molar-refractivity contribution in [1.82, 2.24) is 5.16 Å². The first kappa shape index (κ1) is 18.5. The number of nitrogens with zero attached hydrogens (tertiary/aromatic N) is 2. The molecule has 6 nitrogen and oxygen atoms in total. The van der Waals surface area contributed by atoms with Gasteiger partial charge in [0.25, 0.3) is 0 Å². The second kappa shape index (κ2) is 9.43. The van der Waals surface area contributed by atoms with Gasteiger partial charge in [-0.1, -0.05) is 47.6 Å². The molecule has 0 unspecified atom stereocenters. The van der Waals surface area contributed by atoms with Crippen molar-refractivity contribution in [1.29, 1.82) is 0 Å². The highest BCUT2D eigenvalue weighted by atomic mass is 16.6. The zero-order valence-corrected chi connectivity index (χ0v) is 15.4. The Morgan fingerprint density at radius 1 is 1.07 bits per heavy atom. The molecule has 2 aromatic carbocycles. The molecule has 0 saturated heterocycles. The number of ether oxygens (including phenoxy) is 2. The molecular weight excluding hydrogens is 344 g/mol. The highest BCUT2D eigenvalue weighted by Gasteiger charge is 2.07. The first-order valence-corrected chi connectivity index (χ1v) is 8.77. The van der Waals surface area contributed by atoms with Gasteiger partial charge in [-0.15, -0.1) is 0 Å². The Morgan fingerprint density at radius 2 is 1.93 bits per heavy atom. The summed E-state index contributed by atoms with van der Waals surface area (Å²) in [6.45, 7) is 2.93. The fraction of sp³-hybridized carbons (Fsp3) is 0.238. The lowest BCUT2D eigenvalue weighted by atomic mass is 10.2. The third-order valence-electron chi connectivity index (χ3n) is 3.76. The molecule has 0 atom stereocenters. The van der Waals surface area contributed by atoms with Crippen LogP contribution in [0.5, 0.6) is 11.5 Å². The third kappa shape index (κ3) is 5.10. The van der Waals surface area contributed by atoms with Crippen LogP contribution in [0.2, 0.25) is 0 Å². The molecule has 0 radical (unpaired) electrons. The van der Waals surface area contributed by atoms with Crippen molar-refractivity contribution >= 4 is 6.21 Å². The average molecular weight is 366 g/mol. The van der Waals surface area contributed by atoms with Crippen LogP contribution in [0.25, 0.3) is 11.3 Å². The lowest BCUT2D eigenvalue weighted by Crippen LogP contribution is -1.98. The number of benzene rings is 2. The highest BCUT2D eigenvalue weighted by molar-refractivity contribution is 5.80. The van der Waals surface area contributed by atoms with E-state index >= 15 is 0 Å². The van der Waals surface area contributed by atoms with Crippen LogP contribution in [-0.4, -0.2) is 25.1 Å². The van der Waals surface area contributed by atoms with Crippen molar-refractivity contribution in [3.63, 3.8) is 0 Å². The van der Waals surface area contributed by atoms with Crippen molar-refractivity contribution in [2.45, 2.75) is 20.0 Å². The second-order valence-electron chi connectivity index (χ2n) is 5.82. The smallest absolute Gasteiger partial charge is 0.167 e. The van der Waals surface area contributed by atoms with Crippen molar-refractivity contribution in [2.75, 3.05) is 13.7 Å². The number of rotatable bonds is 9. The molecule has 1 aromatic heterocycles. The van der Waals surface area contributed by atoms with E-state index in [9.17, 15) is 0 Å². The zero-order chi connectivity index (χ0) is 18.9. The summed E-state index contributed by atoms with van der Waals surface area (Å²) in [6.07, 6.45) is 2.55. The first-order chi connectivity index (χ1) is 13.3. The van der Waals surface area contributed by atoms with Crippen LogP contribution < -0.4 is 9.47 Å². The van der Waals surface area contributed by atoms with E-state index in [-0.39, 0.29) is 6.61 Å². The summed E-state index contributed by atoms with van der Waals surface area (Å²) < 4.78 is 16.3. The van der Waals surface area contributed by atoms with Crippen LogP contribution in [0.1, 0.15) is 24.6 Å². The van der Waals surface area contributed by atoms with Crippen LogP contribution in [-0.2, 0) is 11.4 Å². The van der Waals surface area contributed by atoms with Crippen molar-refractivity contribution in [2.24, 2.45) is 5.16 Å². The largest absolute Gasteiger partial charge is 0.493 e. The minimum atomic E-state index is 0.224. The number of hydrogen-bond donors (Lipinski definition) is 0. The summed E-state index contributed by atoms with van der Waals surface area (Å²) in [5.74, 6) is 2.08. The maximum Gasteiger partial charge on any atom is 0.167 e. The van der Waals surface area contributed by atoms with E-state index in [1.54, 1.807) is 13.3 Å². The highest BCUT2D eigenvalue weighted by Crippen LogP contribution is 2.27. The fourth-order valence-corrected chi connectivity index (χ4v) is 2.42. The summed E-state index contributed by atoms with van der Waals surface area (Å²) in [7, 11) is 1.61. The van der Waals surface area contributed by atoms with Gasteiger partial charge in [0.05, 0.1) is 19.9 Å². The van der Waals surface area contributed by atoms with E-state index in [1.165, 1.54) is 0 Å². The van der Waals surface area contributed by atoms with E-state index < -0.39 is 0 Å². The molecule has 0 aliphatic rings. The molecule has 0 spiro atoms. The molecule has 0 aliphatic carbocycles. The van der Waals surface area contributed by atoms with E-state index in [0.717, 1.165) is 17.5 Å².